The van der Waals surface area contributed by atoms with Crippen LogP contribution in [-0.4, -0.2) is 6.54 Å². The molecule has 2 aromatic rings. The van der Waals surface area contributed by atoms with Gasteiger partial charge in [-0.05, 0) is 53.5 Å². The summed E-state index contributed by atoms with van der Waals surface area (Å²) in [6.45, 7) is 5.27. The fourth-order valence-electron chi connectivity index (χ4n) is 2.04. The van der Waals surface area contributed by atoms with Gasteiger partial charge >= 0.3 is 0 Å². The molecule has 1 atom stereocenters. The second kappa shape index (κ2) is 6.89. The third-order valence-corrected chi connectivity index (χ3v) is 5.29. The zero-order valence-corrected chi connectivity index (χ0v) is 14.2. The van der Waals surface area contributed by atoms with E-state index in [0.717, 1.165) is 28.0 Å². The minimum Gasteiger partial charge on any atom is -0.306 e. The number of hydrogen-bond acceptors (Lipinski definition) is 2. The largest absolute Gasteiger partial charge is 0.306 e. The predicted octanol–water partition coefficient (Wildman–Crippen LogP) is 5.56. The van der Waals surface area contributed by atoms with Crippen molar-refractivity contribution in [3.05, 3.63) is 55.1 Å². The van der Waals surface area contributed by atoms with E-state index in [1.54, 1.807) is 0 Å². The Morgan fingerprint density at radius 3 is 2.68 bits per heavy atom. The summed E-state index contributed by atoms with van der Waals surface area (Å²) in [5.74, 6) is 0. The average Bonchev–Trinajstić information content (AvgIpc) is 2.71. The molecule has 19 heavy (non-hydrogen) atoms. The normalized spacial score (nSPS) is 12.6. The van der Waals surface area contributed by atoms with Crippen LogP contribution >= 0.6 is 38.9 Å². The zero-order valence-electron chi connectivity index (χ0n) is 11.0. The second-order valence-electron chi connectivity index (χ2n) is 4.48. The standard InChI is InChI=1S/C15H17BrClNS/c1-3-8-18-14(11-6-4-5-7-13(11)17)15-12(16)9-10(2)19-15/h4-7,9,14,18H,3,8H2,1-2H3. The molecule has 2 rings (SSSR count). The molecule has 0 aliphatic heterocycles. The second-order valence-corrected chi connectivity index (χ2v) is 7.03. The molecule has 0 bridgehead atoms. The van der Waals surface area contributed by atoms with Crippen molar-refractivity contribution in [2.24, 2.45) is 0 Å². The third-order valence-electron chi connectivity index (χ3n) is 2.91. The Kier molecular flexibility index (Phi) is 5.46. The van der Waals surface area contributed by atoms with Crippen LogP contribution in [0.1, 0.15) is 34.7 Å². The Labute approximate surface area is 132 Å². The van der Waals surface area contributed by atoms with E-state index in [9.17, 15) is 0 Å². The van der Waals surface area contributed by atoms with Crippen LogP contribution in [0.4, 0.5) is 0 Å². The summed E-state index contributed by atoms with van der Waals surface area (Å²) in [5, 5.41) is 4.41. The number of nitrogens with one attached hydrogen (secondary N) is 1. The summed E-state index contributed by atoms with van der Waals surface area (Å²) in [6.07, 6.45) is 1.10. The summed E-state index contributed by atoms with van der Waals surface area (Å²) in [7, 11) is 0. The molecule has 1 aromatic heterocycles. The molecule has 0 spiro atoms. The monoisotopic (exact) mass is 357 g/mol. The summed E-state index contributed by atoms with van der Waals surface area (Å²) < 4.78 is 1.16. The van der Waals surface area contributed by atoms with Gasteiger partial charge < -0.3 is 5.32 Å². The Morgan fingerprint density at radius 2 is 2.11 bits per heavy atom. The number of halogens is 2. The first kappa shape index (κ1) is 15.0. The highest BCUT2D eigenvalue weighted by Crippen LogP contribution is 2.37. The molecule has 102 valence electrons. The molecule has 1 N–H and O–H groups in total. The van der Waals surface area contributed by atoms with Gasteiger partial charge in [0.2, 0.25) is 0 Å². The van der Waals surface area contributed by atoms with Crippen LogP contribution in [0.2, 0.25) is 5.02 Å². The molecule has 1 heterocycles. The molecular weight excluding hydrogens is 342 g/mol. The van der Waals surface area contributed by atoms with Gasteiger partial charge in [-0.3, -0.25) is 0 Å². The quantitative estimate of drug-likeness (QED) is 0.737. The molecule has 0 aliphatic rings. The Morgan fingerprint density at radius 1 is 1.37 bits per heavy atom. The molecule has 1 nitrogen and oxygen atoms in total. The molecule has 0 amide bonds. The van der Waals surface area contributed by atoms with Gasteiger partial charge in [0.05, 0.1) is 6.04 Å². The fraction of sp³-hybridized carbons (Fsp3) is 0.333. The van der Waals surface area contributed by atoms with Crippen LogP contribution in [0.5, 0.6) is 0 Å². The lowest BCUT2D eigenvalue weighted by atomic mass is 10.1. The predicted molar refractivity (Wildman–Crippen MR) is 88.3 cm³/mol. The van der Waals surface area contributed by atoms with E-state index >= 15 is 0 Å². The molecule has 1 unspecified atom stereocenters. The maximum atomic E-state index is 6.36. The minimum atomic E-state index is 0.154. The van der Waals surface area contributed by atoms with E-state index < -0.39 is 0 Å². The van der Waals surface area contributed by atoms with E-state index in [-0.39, 0.29) is 6.04 Å². The fourth-order valence-corrected chi connectivity index (χ4v) is 4.26. The Hall–Kier alpha value is -0.350. The topological polar surface area (TPSA) is 12.0 Å². The van der Waals surface area contributed by atoms with E-state index in [1.807, 2.05) is 29.5 Å². The van der Waals surface area contributed by atoms with Crippen molar-refractivity contribution < 1.29 is 0 Å². The third kappa shape index (κ3) is 3.60. The maximum absolute atomic E-state index is 6.36. The van der Waals surface area contributed by atoms with Gasteiger partial charge in [0.15, 0.2) is 0 Å². The molecule has 1 aromatic carbocycles. The van der Waals surface area contributed by atoms with Crippen LogP contribution in [-0.2, 0) is 0 Å². The van der Waals surface area contributed by atoms with Gasteiger partial charge in [-0.15, -0.1) is 11.3 Å². The van der Waals surface area contributed by atoms with E-state index in [0.29, 0.717) is 0 Å². The summed E-state index contributed by atoms with van der Waals surface area (Å²) in [4.78, 5) is 2.59. The van der Waals surface area contributed by atoms with Crippen molar-refractivity contribution in [3.63, 3.8) is 0 Å². The molecule has 0 saturated heterocycles. The van der Waals surface area contributed by atoms with Gasteiger partial charge in [0.1, 0.15) is 0 Å². The van der Waals surface area contributed by atoms with Gasteiger partial charge in [-0.25, -0.2) is 0 Å². The van der Waals surface area contributed by atoms with E-state index in [2.05, 4.69) is 47.2 Å². The van der Waals surface area contributed by atoms with Gasteiger partial charge in [-0.2, -0.15) is 0 Å². The number of aryl methyl sites for hydroxylation is 1. The van der Waals surface area contributed by atoms with E-state index in [1.165, 1.54) is 9.75 Å². The Balaban J connectivity index is 2.41. The van der Waals surface area contributed by atoms with Crippen LogP contribution in [0.3, 0.4) is 0 Å². The summed E-state index contributed by atoms with van der Waals surface area (Å²) >= 11 is 11.8. The molecule has 0 radical (unpaired) electrons. The lowest BCUT2D eigenvalue weighted by molar-refractivity contribution is 0.604. The van der Waals surface area contributed by atoms with Crippen molar-refractivity contribution >= 4 is 38.9 Å². The lowest BCUT2D eigenvalue weighted by Gasteiger charge is -2.19. The van der Waals surface area contributed by atoms with E-state index in [4.69, 9.17) is 11.6 Å². The molecular formula is C15H17BrClNS. The number of benzene rings is 1. The molecule has 0 fully saturated rings. The Bertz CT molecular complexity index is 553. The minimum absolute atomic E-state index is 0.154. The van der Waals surface area contributed by atoms with Crippen molar-refractivity contribution in [2.45, 2.75) is 26.3 Å². The van der Waals surface area contributed by atoms with Crippen LogP contribution in [0.15, 0.2) is 34.8 Å². The zero-order chi connectivity index (χ0) is 13.8. The van der Waals surface area contributed by atoms with Crippen LogP contribution in [0.25, 0.3) is 0 Å². The first-order valence-corrected chi connectivity index (χ1v) is 8.36. The highest BCUT2D eigenvalue weighted by Gasteiger charge is 2.20. The van der Waals surface area contributed by atoms with Crippen molar-refractivity contribution in [3.8, 4) is 0 Å². The van der Waals surface area contributed by atoms with Gasteiger partial charge in [0, 0.05) is 19.2 Å². The summed E-state index contributed by atoms with van der Waals surface area (Å²) in [5.41, 5.74) is 1.14. The van der Waals surface area contributed by atoms with Crippen LogP contribution < -0.4 is 5.32 Å². The number of rotatable bonds is 5. The van der Waals surface area contributed by atoms with Gasteiger partial charge in [-0.1, -0.05) is 36.7 Å². The highest BCUT2D eigenvalue weighted by molar-refractivity contribution is 9.10. The van der Waals surface area contributed by atoms with Gasteiger partial charge in [0.25, 0.3) is 0 Å². The number of thiophene rings is 1. The van der Waals surface area contributed by atoms with Crippen molar-refractivity contribution in [1.82, 2.24) is 5.32 Å². The first-order valence-electron chi connectivity index (χ1n) is 6.37. The number of hydrogen-bond donors (Lipinski definition) is 1. The van der Waals surface area contributed by atoms with Crippen LogP contribution in [0, 0.1) is 6.92 Å². The first-order chi connectivity index (χ1) is 9.13. The smallest absolute Gasteiger partial charge is 0.0697 e. The molecule has 4 heteroatoms. The average molecular weight is 359 g/mol. The molecule has 0 saturated carbocycles. The summed E-state index contributed by atoms with van der Waals surface area (Å²) in [6, 6.07) is 10.4. The van der Waals surface area contributed by atoms with Crippen molar-refractivity contribution in [1.29, 1.82) is 0 Å². The lowest BCUT2D eigenvalue weighted by Crippen LogP contribution is -2.23. The maximum Gasteiger partial charge on any atom is 0.0697 e. The highest BCUT2D eigenvalue weighted by atomic mass is 79.9. The van der Waals surface area contributed by atoms with Crippen molar-refractivity contribution in [2.75, 3.05) is 6.54 Å². The SMILES string of the molecule is CCCNC(c1ccccc1Cl)c1sc(C)cc1Br. The molecule has 0 aliphatic carbocycles.